The topological polar surface area (TPSA) is 107 Å². The summed E-state index contributed by atoms with van der Waals surface area (Å²) < 4.78 is 0. The maximum Gasteiger partial charge on any atom is 1.00 e. The Morgan fingerprint density at radius 1 is 1.19 bits per heavy atom. The number of primary amides is 1. The van der Waals surface area contributed by atoms with Crippen molar-refractivity contribution in [2.45, 2.75) is 39.5 Å². The molecule has 0 fully saturated rings. The molecule has 1 heterocycles. The molecule has 1 unspecified atom stereocenters. The third kappa shape index (κ3) is 6.33. The quantitative estimate of drug-likeness (QED) is 0.488. The number of hydrogen-bond acceptors (Lipinski definition) is 5. The van der Waals surface area contributed by atoms with Crippen molar-refractivity contribution in [1.29, 1.82) is 0 Å². The van der Waals surface area contributed by atoms with Crippen molar-refractivity contribution in [3.05, 3.63) is 54.3 Å². The number of carbonyl (C=O) groups is 1. The normalized spacial score (nSPS) is 11.1. The first-order chi connectivity index (χ1) is 11.5. The largest absolute Gasteiger partial charge is 1.00 e. The Balaban J connectivity index is 0.00000312. The summed E-state index contributed by atoms with van der Waals surface area (Å²) in [5.41, 5.74) is 15.0. The van der Waals surface area contributed by atoms with Crippen molar-refractivity contribution < 1.29 is 73.7 Å². The van der Waals surface area contributed by atoms with Crippen LogP contribution in [0.2, 0.25) is 0 Å². The van der Waals surface area contributed by atoms with Gasteiger partial charge in [-0.1, -0.05) is 32.9 Å². The van der Waals surface area contributed by atoms with Crippen LogP contribution < -0.4 is 85.7 Å². The third-order valence-corrected chi connectivity index (χ3v) is 4.03. The van der Waals surface area contributed by atoms with Gasteiger partial charge in [0.2, 0.25) is 0 Å². The average Bonchev–Trinajstić information content (AvgIpc) is 2.60. The van der Waals surface area contributed by atoms with Gasteiger partial charge in [-0.05, 0) is 43.0 Å². The summed E-state index contributed by atoms with van der Waals surface area (Å²) in [4.78, 5) is 20.8. The molecule has 7 heteroatoms. The Hall–Kier alpha value is -0.418. The Morgan fingerprint density at radius 2 is 1.81 bits per heavy atom. The zero-order valence-electron chi connectivity index (χ0n) is 16.5. The maximum absolute atomic E-state index is 11.8. The van der Waals surface area contributed by atoms with E-state index in [1.54, 1.807) is 0 Å². The van der Waals surface area contributed by atoms with Crippen LogP contribution in [0.25, 0.3) is 0 Å². The van der Waals surface area contributed by atoms with Crippen LogP contribution in [0.5, 0.6) is 0 Å². The molecule has 0 radical (unpaired) electrons. The van der Waals surface area contributed by atoms with E-state index in [9.17, 15) is 4.79 Å². The summed E-state index contributed by atoms with van der Waals surface area (Å²) in [5, 5.41) is 3.18. The van der Waals surface area contributed by atoms with Crippen molar-refractivity contribution in [3.63, 3.8) is 0 Å². The average molecular weight is 475 g/mol. The van der Waals surface area contributed by atoms with Gasteiger partial charge in [-0.3, -0.25) is 4.79 Å². The number of amides is 1. The monoisotopic (exact) mass is 475 g/mol. The molecule has 6 nitrogen and oxygen atoms in total. The van der Waals surface area contributed by atoms with E-state index in [0.29, 0.717) is 18.8 Å². The van der Waals surface area contributed by atoms with Crippen LogP contribution in [0.15, 0.2) is 24.3 Å². The minimum absolute atomic E-state index is 0. The minimum Gasteiger partial charge on any atom is -0.364 e. The fraction of sp³-hybridized carbons (Fsp3) is 0.368. The molecule has 0 bridgehead atoms. The molecule has 0 spiro atoms. The van der Waals surface area contributed by atoms with E-state index >= 15 is 0 Å². The SMILES string of the molecule is CCc1nc(Nc2cccc(C(C)CN)c2)c(C(N)=O)nc1CC.[CH3-].[Cs+]. The van der Waals surface area contributed by atoms with Gasteiger partial charge in [0.15, 0.2) is 11.5 Å². The molecular formula is C19H28CsN5O. The molecule has 5 N–H and O–H groups in total. The number of hydrogen-bond donors (Lipinski definition) is 3. The molecule has 26 heavy (non-hydrogen) atoms. The van der Waals surface area contributed by atoms with Gasteiger partial charge in [0.05, 0.1) is 11.4 Å². The zero-order valence-corrected chi connectivity index (χ0v) is 22.7. The summed E-state index contributed by atoms with van der Waals surface area (Å²) in [6.45, 7) is 6.64. The first-order valence-corrected chi connectivity index (χ1v) is 8.26. The number of carbonyl (C=O) groups excluding carboxylic acids is 1. The van der Waals surface area contributed by atoms with E-state index in [1.807, 2.05) is 38.1 Å². The van der Waals surface area contributed by atoms with Crippen LogP contribution in [0.1, 0.15) is 54.1 Å². The number of nitrogens with two attached hydrogens (primary N) is 2. The molecule has 0 aliphatic carbocycles. The second-order valence-corrected chi connectivity index (χ2v) is 5.77. The van der Waals surface area contributed by atoms with E-state index in [0.717, 1.165) is 29.1 Å². The molecule has 1 aromatic heterocycles. The van der Waals surface area contributed by atoms with Crippen molar-refractivity contribution in [2.75, 3.05) is 11.9 Å². The van der Waals surface area contributed by atoms with Crippen LogP contribution in [0.4, 0.5) is 11.5 Å². The number of nitrogens with zero attached hydrogens (tertiary/aromatic N) is 2. The Morgan fingerprint density at radius 3 is 2.35 bits per heavy atom. The fourth-order valence-electron chi connectivity index (χ4n) is 2.53. The molecule has 1 aromatic carbocycles. The van der Waals surface area contributed by atoms with Crippen LogP contribution >= 0.6 is 0 Å². The zero-order chi connectivity index (χ0) is 17.7. The van der Waals surface area contributed by atoms with Gasteiger partial charge in [-0.15, -0.1) is 0 Å². The van der Waals surface area contributed by atoms with Gasteiger partial charge < -0.3 is 24.2 Å². The molecular weight excluding hydrogens is 447 g/mol. The Kier molecular flexibility index (Phi) is 11.9. The molecule has 2 rings (SSSR count). The van der Waals surface area contributed by atoms with Crippen LogP contribution in [0, 0.1) is 7.43 Å². The minimum atomic E-state index is -0.589. The van der Waals surface area contributed by atoms with Crippen LogP contribution in [-0.4, -0.2) is 22.4 Å². The molecule has 0 aliphatic rings. The van der Waals surface area contributed by atoms with Crippen molar-refractivity contribution in [3.8, 4) is 0 Å². The molecule has 136 valence electrons. The maximum atomic E-state index is 11.8. The molecule has 1 atom stereocenters. The summed E-state index contributed by atoms with van der Waals surface area (Å²) in [5.74, 6) is 0.0602. The van der Waals surface area contributed by atoms with Gasteiger partial charge in [0, 0.05) is 5.69 Å². The van der Waals surface area contributed by atoms with Crippen molar-refractivity contribution >= 4 is 17.4 Å². The van der Waals surface area contributed by atoms with E-state index in [4.69, 9.17) is 11.5 Å². The standard InChI is InChI=1S/C18H25N5O.CH3.Cs/c1-4-14-15(5-2)23-18(16(22-14)17(20)24)21-13-8-6-7-12(9-13)11(3)10-19;;/h6-9,11H,4-5,10,19H2,1-3H3,(H2,20,24)(H,21,23);1H3;/q;-1;+1. The smallest absolute Gasteiger partial charge is 0.364 e. The van der Waals surface area contributed by atoms with E-state index in [-0.39, 0.29) is 87.9 Å². The number of rotatable bonds is 7. The van der Waals surface area contributed by atoms with Gasteiger partial charge in [-0.25, -0.2) is 9.97 Å². The summed E-state index contributed by atoms with van der Waals surface area (Å²) in [7, 11) is 0. The predicted octanol–water partition coefficient (Wildman–Crippen LogP) is -0.0396. The molecule has 0 saturated carbocycles. The second kappa shape index (κ2) is 12.1. The molecule has 0 aliphatic heterocycles. The van der Waals surface area contributed by atoms with E-state index in [2.05, 4.69) is 22.2 Å². The number of aryl methyl sites for hydroxylation is 2. The second-order valence-electron chi connectivity index (χ2n) is 5.77. The first-order valence-electron chi connectivity index (χ1n) is 8.26. The summed E-state index contributed by atoms with van der Waals surface area (Å²) in [6, 6.07) is 7.89. The summed E-state index contributed by atoms with van der Waals surface area (Å²) in [6.07, 6.45) is 1.45. The Labute approximate surface area is 215 Å². The number of nitrogens with one attached hydrogen (secondary N) is 1. The van der Waals surface area contributed by atoms with E-state index < -0.39 is 5.91 Å². The van der Waals surface area contributed by atoms with Gasteiger partial charge in [0.25, 0.3) is 5.91 Å². The summed E-state index contributed by atoms with van der Waals surface area (Å²) >= 11 is 0. The first kappa shape index (κ1) is 25.6. The van der Waals surface area contributed by atoms with Gasteiger partial charge >= 0.3 is 68.9 Å². The van der Waals surface area contributed by atoms with Gasteiger partial charge in [-0.2, -0.15) is 0 Å². The van der Waals surface area contributed by atoms with Crippen molar-refractivity contribution in [1.82, 2.24) is 9.97 Å². The number of benzene rings is 1. The number of anilines is 2. The number of aromatic nitrogens is 2. The van der Waals surface area contributed by atoms with Crippen LogP contribution in [-0.2, 0) is 12.8 Å². The van der Waals surface area contributed by atoms with Crippen molar-refractivity contribution in [2.24, 2.45) is 11.5 Å². The molecule has 2 aromatic rings. The molecule has 0 saturated heterocycles. The molecule has 1 amide bonds. The van der Waals surface area contributed by atoms with Gasteiger partial charge in [0.1, 0.15) is 0 Å². The predicted molar refractivity (Wildman–Crippen MR) is 103 cm³/mol. The van der Waals surface area contributed by atoms with Crippen LogP contribution in [0.3, 0.4) is 0 Å². The van der Waals surface area contributed by atoms with E-state index in [1.165, 1.54) is 0 Å². The Bertz CT molecular complexity index is 736. The third-order valence-electron chi connectivity index (χ3n) is 4.03. The fourth-order valence-corrected chi connectivity index (χ4v) is 2.53.